The van der Waals surface area contributed by atoms with Crippen LogP contribution < -0.4 is 26.6 Å². The smallest absolute Gasteiger partial charge is 0.481 e. The number of nitrogens with one attached hydrogen (secondary N) is 5. The number of imide groups is 1. The van der Waals surface area contributed by atoms with Crippen molar-refractivity contribution >= 4 is 71.6 Å². The highest BCUT2D eigenvalue weighted by Crippen LogP contribution is 2.54. The number of thioether (sulfide) groups is 2. The molecule has 35 heteroatoms. The van der Waals surface area contributed by atoms with Crippen molar-refractivity contribution in [2.24, 2.45) is 35.5 Å². The maximum Gasteiger partial charge on any atom is 0.533 e. The fourth-order valence-corrected chi connectivity index (χ4v) is 17.6. The molecule has 2 aromatic rings. The fourth-order valence-electron chi connectivity index (χ4n) is 14.4. The van der Waals surface area contributed by atoms with Crippen molar-refractivity contribution in [2.75, 3.05) is 113 Å². The molecule has 4 aliphatic carbocycles. The first kappa shape index (κ1) is 74.5. The Balaban J connectivity index is 0.000000214. The summed E-state index contributed by atoms with van der Waals surface area (Å²) in [7, 11) is 1.58. The molecule has 14 atom stereocenters. The molecular weight excluding hydrogens is 1320 g/mol. The molecule has 0 radical (unpaired) electrons. The van der Waals surface area contributed by atoms with Crippen molar-refractivity contribution in [1.82, 2.24) is 61.6 Å². The number of hydrogen-bond donors (Lipinski definition) is 7. The summed E-state index contributed by atoms with van der Waals surface area (Å²) in [5.41, 5.74) is 4.03. The average Bonchev–Trinajstić information content (AvgIpc) is 1.61. The van der Waals surface area contributed by atoms with E-state index in [9.17, 15) is 38.4 Å². The Hall–Kier alpha value is -6.18. The SMILES string of the molecule is CNC(=O)OCC1C2CCc3nnn(CCOCCOCCOCCO[C@H]4S[C@@H](CCCCC(=O)O)[C@H]5NC(=O)N[C@H]54)c3CCC21.O=C(O)CCCC[C@@H]1S[C@H](OCCOCCOCCOCCn2nnc3c2CCC2C(CC3)C2COC(=O)ON2C(=O)CCC2=O)[C@@H]2NC(=O)N[C@@H]21. The average molecular weight is 1420 g/mol. The minimum absolute atomic E-state index is 0.0119. The summed E-state index contributed by atoms with van der Waals surface area (Å²) in [6, 6.07) is -0.642. The van der Waals surface area contributed by atoms with Crippen LogP contribution in [0, 0.1) is 35.5 Å². The number of hydroxylamine groups is 2. The van der Waals surface area contributed by atoms with Crippen LogP contribution in [0.15, 0.2) is 0 Å². The predicted octanol–water partition coefficient (Wildman–Crippen LogP) is 3.02. The number of hydrogen-bond acceptors (Lipinski definition) is 25. The van der Waals surface area contributed by atoms with Crippen molar-refractivity contribution in [3.05, 3.63) is 22.8 Å². The van der Waals surface area contributed by atoms with Crippen LogP contribution in [0.2, 0.25) is 0 Å². The number of aromatic nitrogens is 6. The molecule has 5 aliphatic heterocycles. The molecule has 7 N–H and O–H groups in total. The lowest BCUT2D eigenvalue weighted by Gasteiger charge is -2.17. The number of fused-ring (bicyclic) bond motifs is 6. The molecule has 9 aliphatic rings. The first-order chi connectivity index (χ1) is 47.7. The fraction of sp³-hybridized carbons (Fsp3) is 0.810. The number of nitrogens with zero attached hydrogens (tertiary/aromatic N) is 7. The number of aliphatic carboxylic acids is 2. The van der Waals surface area contributed by atoms with Gasteiger partial charge in [0.25, 0.3) is 11.8 Å². The highest BCUT2D eigenvalue weighted by Gasteiger charge is 2.53. The summed E-state index contributed by atoms with van der Waals surface area (Å²) in [6.45, 7) is 8.10. The summed E-state index contributed by atoms with van der Waals surface area (Å²) in [5.74, 6) is 0.0625. The Morgan fingerprint density at radius 1 is 0.500 bits per heavy atom. The Morgan fingerprint density at radius 3 is 1.31 bits per heavy atom. The second-order valence-corrected chi connectivity index (χ2v) is 28.4. The number of alkyl carbamates (subject to hydrolysis) is 1. The van der Waals surface area contributed by atoms with Gasteiger partial charge in [-0.25, -0.2) is 28.5 Å². The van der Waals surface area contributed by atoms with Gasteiger partial charge in [0.05, 0.1) is 166 Å². The van der Waals surface area contributed by atoms with E-state index >= 15 is 0 Å². The molecule has 0 spiro atoms. The van der Waals surface area contributed by atoms with E-state index in [1.807, 2.05) is 9.36 Å². The van der Waals surface area contributed by atoms with E-state index in [0.717, 1.165) is 94.1 Å². The van der Waals surface area contributed by atoms with Gasteiger partial charge < -0.3 is 84.2 Å². The molecule has 0 bridgehead atoms. The van der Waals surface area contributed by atoms with Crippen LogP contribution in [0.3, 0.4) is 0 Å². The number of unbranched alkanes of at least 4 members (excludes halogenated alkanes) is 2. The van der Waals surface area contributed by atoms with Crippen LogP contribution in [0.5, 0.6) is 0 Å². The molecule has 7 amide bonds. The Bertz CT molecular complexity index is 2950. The second kappa shape index (κ2) is 38.0. The van der Waals surface area contributed by atoms with Gasteiger partial charge in [-0.3, -0.25) is 24.0 Å². The zero-order chi connectivity index (χ0) is 68.8. The number of urea groups is 2. The molecule has 11 rings (SSSR count). The van der Waals surface area contributed by atoms with Crippen molar-refractivity contribution in [1.29, 1.82) is 0 Å². The van der Waals surface area contributed by atoms with Crippen LogP contribution in [0.4, 0.5) is 19.2 Å². The van der Waals surface area contributed by atoms with E-state index in [1.165, 1.54) is 5.69 Å². The van der Waals surface area contributed by atoms with E-state index in [-0.39, 0.29) is 102 Å². The number of carboxylic acid groups (broad SMARTS) is 2. The highest BCUT2D eigenvalue weighted by atomic mass is 32.2. The van der Waals surface area contributed by atoms with E-state index in [2.05, 4.69) is 47.2 Å². The highest BCUT2D eigenvalue weighted by molar-refractivity contribution is 8.01. The van der Waals surface area contributed by atoms with Crippen molar-refractivity contribution < 1.29 is 101 Å². The third-order valence-corrected chi connectivity index (χ3v) is 22.7. The van der Waals surface area contributed by atoms with Gasteiger partial charge in [0.15, 0.2) is 0 Å². The molecule has 0 aromatic carbocycles. The molecule has 7 fully saturated rings. The van der Waals surface area contributed by atoms with Crippen LogP contribution in [0.25, 0.3) is 0 Å². The largest absolute Gasteiger partial charge is 0.533 e. The second-order valence-electron chi connectivity index (χ2n) is 25.8. The zero-order valence-corrected chi connectivity index (χ0v) is 57.3. The van der Waals surface area contributed by atoms with Crippen LogP contribution in [-0.2, 0) is 110 Å². The molecule has 6 unspecified atom stereocenters. The summed E-state index contributed by atoms with van der Waals surface area (Å²) in [5, 5.41) is 50.5. The van der Waals surface area contributed by atoms with Gasteiger partial charge in [0.1, 0.15) is 10.9 Å². The topological polar surface area (TPSA) is 403 Å². The third-order valence-electron chi connectivity index (χ3n) is 19.5. The Labute approximate surface area is 576 Å². The third kappa shape index (κ3) is 21.7. The van der Waals surface area contributed by atoms with Gasteiger partial charge in [0, 0.05) is 43.2 Å². The zero-order valence-electron chi connectivity index (χ0n) is 55.6. The summed E-state index contributed by atoms with van der Waals surface area (Å²) in [6.07, 6.45) is 10.9. The minimum Gasteiger partial charge on any atom is -0.481 e. The minimum atomic E-state index is -1.03. The lowest BCUT2D eigenvalue weighted by atomic mass is 10.0. The molecule has 2 saturated carbocycles. The van der Waals surface area contributed by atoms with E-state index in [1.54, 1.807) is 30.6 Å². The molecule has 98 heavy (non-hydrogen) atoms. The molecule has 5 saturated heterocycles. The van der Waals surface area contributed by atoms with Crippen LogP contribution in [-0.4, -0.2) is 252 Å². The van der Waals surface area contributed by atoms with Gasteiger partial charge in [-0.15, -0.1) is 33.7 Å². The molecule has 546 valence electrons. The number of amides is 7. The Morgan fingerprint density at radius 2 is 0.888 bits per heavy atom. The van der Waals surface area contributed by atoms with Gasteiger partial charge >= 0.3 is 36.2 Å². The lowest BCUT2D eigenvalue weighted by Crippen LogP contribution is -2.40. The summed E-state index contributed by atoms with van der Waals surface area (Å²) >= 11 is 3.37. The molecule has 7 heterocycles. The number of carbonyl (C=O) groups is 8. The van der Waals surface area contributed by atoms with Crippen LogP contribution in [0.1, 0.15) is 113 Å². The number of carboxylic acids is 2. The predicted molar refractivity (Wildman–Crippen MR) is 346 cm³/mol. The molecular formula is C63H96N12O21S2. The van der Waals surface area contributed by atoms with Crippen molar-refractivity contribution in [3.63, 3.8) is 0 Å². The molecule has 2 aromatic heterocycles. The lowest BCUT2D eigenvalue weighted by molar-refractivity contribution is -0.177. The van der Waals surface area contributed by atoms with Crippen molar-refractivity contribution in [3.8, 4) is 0 Å². The number of rotatable bonds is 41. The number of carbonyl (C=O) groups excluding carboxylic acids is 6. The first-order valence-corrected chi connectivity index (χ1v) is 36.6. The summed E-state index contributed by atoms with van der Waals surface area (Å²) < 4.78 is 60.5. The van der Waals surface area contributed by atoms with E-state index < -0.39 is 29.9 Å². The maximum absolute atomic E-state index is 12.0. The monoisotopic (exact) mass is 1420 g/mol. The van der Waals surface area contributed by atoms with E-state index in [0.29, 0.717) is 160 Å². The normalized spacial score (nSPS) is 27.7. The first-order valence-electron chi connectivity index (χ1n) is 34.7. The summed E-state index contributed by atoms with van der Waals surface area (Å²) in [4.78, 5) is 96.9. The number of ether oxygens (including phenoxy) is 10. The van der Waals surface area contributed by atoms with E-state index in [4.69, 9.17) is 62.4 Å². The maximum atomic E-state index is 12.0. The quantitative estimate of drug-likeness (QED) is 0.0218. The standard InChI is InChI=1S/C33H48N6O12S.C30H48N6O9S/c40-26-9-10-27(41)39(26)51-33(45)50-19-22-20-5-7-23-24(8-6-21(20)22)38(37-36-23)11-12-46-13-14-47-15-16-48-17-18-49-31-30-29(34-32(44)35-30)25(52-31)3-1-2-4-28(42)43;1-31-30(40)45-18-21-19-6-8-22-23(9-7-20(19)21)36(35-34-22)10-11-41-12-13-42-14-15-43-16-17-44-28-27-26(32-29(39)33-27)24(46-28)4-2-3-5-25(37)38/h20-22,25,29-31H,1-19H2,(H,42,43)(H2,34,35,44);19-21,24,26-28H,2-18H2,1H3,(H,31,40)(H,37,38)(H2,32,33,39)/t20?,21?,22?,25-,29+,30+,31-;19?,20?,21?,24-,26+,27+,28-/m00/s1. The van der Waals surface area contributed by atoms with Gasteiger partial charge in [-0.2, -0.15) is 0 Å². The Kier molecular flexibility index (Phi) is 28.9. The van der Waals surface area contributed by atoms with Crippen LogP contribution >= 0.6 is 23.5 Å². The van der Waals surface area contributed by atoms with Gasteiger partial charge in [0.2, 0.25) is 0 Å². The molecule has 33 nitrogen and oxygen atoms in total. The van der Waals surface area contributed by atoms with Gasteiger partial charge in [-0.05, 0) is 113 Å². The number of aryl methyl sites for hydroxylation is 2. The van der Waals surface area contributed by atoms with Crippen molar-refractivity contribution in [2.45, 2.75) is 174 Å². The van der Waals surface area contributed by atoms with Gasteiger partial charge in [-0.1, -0.05) is 28.3 Å².